The molecule has 0 aliphatic heterocycles. The van der Waals surface area contributed by atoms with Crippen molar-refractivity contribution < 1.29 is 78.1 Å². The zero-order valence-electron chi connectivity index (χ0n) is 7.11. The molecule has 0 unspecified atom stereocenters. The largest absolute Gasteiger partial charge is 1.00 e. The van der Waals surface area contributed by atoms with Gasteiger partial charge in [-0.3, -0.25) is 9.11 Å². The van der Waals surface area contributed by atoms with Crippen molar-refractivity contribution in [3.63, 3.8) is 0 Å². The molecular weight excluding hydrogens is 178 g/mol. The minimum absolute atomic E-state index is 0. The van der Waals surface area contributed by atoms with E-state index in [0.717, 1.165) is 0 Å². The van der Waals surface area contributed by atoms with Crippen molar-refractivity contribution >= 4 is 10.4 Å². The zero-order chi connectivity index (χ0) is 7.21. The van der Waals surface area contributed by atoms with Crippen LogP contribution in [-0.4, -0.2) is 17.5 Å². The van der Waals surface area contributed by atoms with Crippen molar-refractivity contribution in [2.24, 2.45) is 0 Å². The summed E-state index contributed by atoms with van der Waals surface area (Å²) >= 11 is 0. The average molecular weight is 186 g/mol. The molecule has 0 saturated carbocycles. The Morgan fingerprint density at radius 1 is 1.40 bits per heavy atom. The first-order valence-corrected chi connectivity index (χ1v) is 2.91. The van der Waals surface area contributed by atoms with Gasteiger partial charge >= 0.3 is 69.5 Å². The quantitative estimate of drug-likeness (QED) is 0.225. The van der Waals surface area contributed by atoms with Crippen LogP contribution in [0.5, 0.6) is 0 Å². The van der Waals surface area contributed by atoms with Gasteiger partial charge in [0.15, 0.2) is 0 Å². The summed E-state index contributed by atoms with van der Waals surface area (Å²) in [6.45, 7) is 6.50. The molecule has 0 amide bonds. The van der Waals surface area contributed by atoms with Crippen LogP contribution < -0.4 is 59.1 Å². The summed E-state index contributed by atoms with van der Waals surface area (Å²) in [6, 6.07) is 0. The van der Waals surface area contributed by atoms with E-state index in [0.29, 0.717) is 0 Å². The number of allylic oxidation sites excluding steroid dienone is 1. The van der Waals surface area contributed by atoms with Gasteiger partial charge < -0.3 is 1.43 Å². The van der Waals surface area contributed by atoms with Gasteiger partial charge in [0.05, 0.1) is 0 Å². The Morgan fingerprint density at radius 2 is 1.40 bits per heavy atom. The Labute approximate surface area is 107 Å². The Bertz CT molecular complexity index is 137. The molecule has 0 fully saturated rings. The molecule has 0 aliphatic rings. The van der Waals surface area contributed by atoms with Crippen LogP contribution >= 0.6 is 0 Å². The van der Waals surface area contributed by atoms with Gasteiger partial charge in [0.25, 0.3) is 0 Å². The van der Waals surface area contributed by atoms with Crippen LogP contribution in [0.4, 0.5) is 0 Å². The molecule has 2 N–H and O–H groups in total. The number of hydrogen-bond acceptors (Lipinski definition) is 2. The van der Waals surface area contributed by atoms with Gasteiger partial charge in [-0.05, 0) is 0 Å². The molecule has 0 spiro atoms. The summed E-state index contributed by atoms with van der Waals surface area (Å²) in [7, 11) is -4.67. The Kier molecular flexibility index (Phi) is 29.5. The van der Waals surface area contributed by atoms with Gasteiger partial charge in [-0.25, -0.2) is 19.6 Å². The van der Waals surface area contributed by atoms with E-state index in [2.05, 4.69) is 13.5 Å². The molecule has 0 aromatic rings. The molecule has 0 atom stereocenters. The van der Waals surface area contributed by atoms with Crippen molar-refractivity contribution in [3.05, 3.63) is 19.6 Å². The average Bonchev–Trinajstić information content (AvgIpc) is 1.27. The summed E-state index contributed by atoms with van der Waals surface area (Å²) < 4.78 is 31.6. The first-order valence-electron chi connectivity index (χ1n) is 1.51. The van der Waals surface area contributed by atoms with Crippen molar-refractivity contribution in [3.8, 4) is 0 Å². The molecule has 0 aliphatic carbocycles. The second-order valence-corrected chi connectivity index (χ2v) is 1.63. The minimum atomic E-state index is -4.67. The van der Waals surface area contributed by atoms with E-state index in [4.69, 9.17) is 17.5 Å². The fourth-order valence-electron chi connectivity index (χ4n) is 0. The van der Waals surface area contributed by atoms with Crippen LogP contribution in [0.15, 0.2) is 12.7 Å². The van der Waals surface area contributed by atoms with Gasteiger partial charge in [0.1, 0.15) is 0 Å². The van der Waals surface area contributed by atoms with Crippen LogP contribution in [0, 0.1) is 6.92 Å². The molecule has 52 valence electrons. The topological polar surface area (TPSA) is 74.6 Å². The van der Waals surface area contributed by atoms with E-state index < -0.39 is 10.4 Å². The fraction of sp³-hybridized carbons (Fsp3) is 0. The van der Waals surface area contributed by atoms with Gasteiger partial charge in [0, 0.05) is 0 Å². The molecule has 0 aromatic carbocycles. The molecule has 0 heterocycles. The molecular formula is C3H8Na2O4S. The fourth-order valence-corrected chi connectivity index (χ4v) is 0. The summed E-state index contributed by atoms with van der Waals surface area (Å²) in [5.74, 6) is 0. The second-order valence-electron chi connectivity index (χ2n) is 0.737. The monoisotopic (exact) mass is 186 g/mol. The van der Waals surface area contributed by atoms with E-state index in [9.17, 15) is 0 Å². The van der Waals surface area contributed by atoms with E-state index in [1.165, 1.54) is 6.08 Å². The van der Waals surface area contributed by atoms with Crippen molar-refractivity contribution in [2.45, 2.75) is 0 Å². The SMILES string of the molecule is C=C[CH2-].O=S(=O)(O)O.[H-].[Na+].[Na+]. The Hall–Kier alpha value is 1.48. The van der Waals surface area contributed by atoms with Crippen LogP contribution in [0.1, 0.15) is 1.43 Å². The van der Waals surface area contributed by atoms with Crippen molar-refractivity contribution in [1.29, 1.82) is 0 Å². The molecule has 0 saturated heterocycles. The third-order valence-corrected chi connectivity index (χ3v) is 0. The van der Waals surface area contributed by atoms with Gasteiger partial charge in [0.2, 0.25) is 0 Å². The van der Waals surface area contributed by atoms with Crippen molar-refractivity contribution in [1.82, 2.24) is 0 Å². The molecule has 10 heavy (non-hydrogen) atoms. The van der Waals surface area contributed by atoms with Gasteiger partial charge in [-0.1, -0.05) is 0 Å². The molecule has 0 rings (SSSR count). The van der Waals surface area contributed by atoms with E-state index in [1.807, 2.05) is 0 Å². The number of hydrogen-bond donors (Lipinski definition) is 2. The maximum Gasteiger partial charge on any atom is 1.00 e. The van der Waals surface area contributed by atoms with E-state index in [1.54, 1.807) is 0 Å². The van der Waals surface area contributed by atoms with Crippen LogP contribution in [0.3, 0.4) is 0 Å². The normalized spacial score (nSPS) is 7.00. The standard InChI is InChI=1S/C3H5.2Na.H2O4S.H/c1-3-2;;;1-5(2,3)4;/h3H,1-2H2;;;(H2,1,2,3,4);/q-1;2*+1;;-1. The predicted molar refractivity (Wildman–Crippen MR) is 30.8 cm³/mol. The minimum Gasteiger partial charge on any atom is -1.00 e. The maximum absolute atomic E-state index is 8.74. The first kappa shape index (κ1) is 22.5. The maximum atomic E-state index is 8.74. The predicted octanol–water partition coefficient (Wildman–Crippen LogP) is -5.53. The van der Waals surface area contributed by atoms with Gasteiger partial charge in [-0.2, -0.15) is 8.42 Å². The van der Waals surface area contributed by atoms with E-state index >= 15 is 0 Å². The van der Waals surface area contributed by atoms with Crippen LogP contribution in [-0.2, 0) is 10.4 Å². The molecule has 0 radical (unpaired) electrons. The summed E-state index contributed by atoms with van der Waals surface area (Å²) in [6.07, 6.45) is 1.50. The third-order valence-electron chi connectivity index (χ3n) is 0. The summed E-state index contributed by atoms with van der Waals surface area (Å²) in [5, 5.41) is 0. The van der Waals surface area contributed by atoms with Crippen LogP contribution in [0.25, 0.3) is 0 Å². The summed E-state index contributed by atoms with van der Waals surface area (Å²) in [5.41, 5.74) is 0. The molecule has 0 bridgehead atoms. The molecule has 0 aromatic heterocycles. The molecule has 7 heteroatoms. The Balaban J connectivity index is -0.0000000183. The zero-order valence-corrected chi connectivity index (χ0v) is 10.9. The van der Waals surface area contributed by atoms with Crippen LogP contribution in [0.2, 0.25) is 0 Å². The smallest absolute Gasteiger partial charge is 1.00 e. The third kappa shape index (κ3) is 311. The first-order chi connectivity index (χ1) is 3.41. The Morgan fingerprint density at radius 3 is 1.40 bits per heavy atom. The van der Waals surface area contributed by atoms with Crippen molar-refractivity contribution in [2.75, 3.05) is 0 Å². The second kappa shape index (κ2) is 13.1. The van der Waals surface area contributed by atoms with Gasteiger partial charge in [-0.15, -0.1) is 0 Å². The summed E-state index contributed by atoms with van der Waals surface area (Å²) in [4.78, 5) is 0. The van der Waals surface area contributed by atoms with E-state index in [-0.39, 0.29) is 60.5 Å². The number of rotatable bonds is 0. The molecule has 4 nitrogen and oxygen atoms in total.